The van der Waals surface area contributed by atoms with Crippen LogP contribution in [0.5, 0.6) is 0 Å². The van der Waals surface area contributed by atoms with Crippen LogP contribution < -0.4 is 0 Å². The van der Waals surface area contributed by atoms with E-state index in [1.807, 2.05) is 0 Å². The largest absolute Gasteiger partial charge is 0.465 e. The molecule has 0 amide bonds. The molecule has 1 unspecified atom stereocenters. The van der Waals surface area contributed by atoms with Crippen LogP contribution in [0.2, 0.25) is 0 Å². The molecule has 8 heteroatoms. The first-order chi connectivity index (χ1) is 7.41. The van der Waals surface area contributed by atoms with Gasteiger partial charge < -0.3 is 18.5 Å². The molecule has 1 atom stereocenters. The SMILES string of the molecule is CCOP(=O)(OCC)C(Cl)(OC)C(=O)OC. The van der Waals surface area contributed by atoms with Gasteiger partial charge in [-0.2, -0.15) is 0 Å². The average Bonchev–Trinajstić information content (AvgIpc) is 2.27. The summed E-state index contributed by atoms with van der Waals surface area (Å²) in [4.78, 5) is 9.18. The molecule has 0 fully saturated rings. The van der Waals surface area contributed by atoms with E-state index in [0.29, 0.717) is 0 Å². The lowest BCUT2D eigenvalue weighted by atomic mass is 10.7. The van der Waals surface area contributed by atoms with Gasteiger partial charge >= 0.3 is 18.4 Å². The molecule has 6 nitrogen and oxygen atoms in total. The van der Waals surface area contributed by atoms with Crippen molar-refractivity contribution in [2.24, 2.45) is 0 Å². The lowest BCUT2D eigenvalue weighted by Gasteiger charge is -2.29. The molecule has 16 heavy (non-hydrogen) atoms. The van der Waals surface area contributed by atoms with E-state index in [2.05, 4.69) is 4.74 Å². The topological polar surface area (TPSA) is 71.1 Å². The van der Waals surface area contributed by atoms with E-state index in [1.165, 1.54) is 0 Å². The van der Waals surface area contributed by atoms with Gasteiger partial charge in [0.05, 0.1) is 20.3 Å². The fourth-order valence-corrected chi connectivity index (χ4v) is 2.97. The highest BCUT2D eigenvalue weighted by Gasteiger charge is 2.58. The number of ether oxygens (including phenoxy) is 2. The fraction of sp³-hybridized carbons (Fsp3) is 0.875. The van der Waals surface area contributed by atoms with Gasteiger partial charge in [-0.15, -0.1) is 0 Å². The zero-order valence-corrected chi connectivity index (χ0v) is 11.3. The van der Waals surface area contributed by atoms with E-state index in [1.54, 1.807) is 13.8 Å². The Labute approximate surface area is 99.7 Å². The van der Waals surface area contributed by atoms with E-state index in [4.69, 9.17) is 25.4 Å². The molecule has 0 bridgehead atoms. The van der Waals surface area contributed by atoms with Crippen LogP contribution in [0, 0.1) is 0 Å². The van der Waals surface area contributed by atoms with Gasteiger partial charge in [0.1, 0.15) is 0 Å². The molecule has 0 aromatic heterocycles. The Bertz CT molecular complexity index is 274. The van der Waals surface area contributed by atoms with Gasteiger partial charge in [-0.05, 0) is 13.8 Å². The molecule has 0 aliphatic heterocycles. The minimum absolute atomic E-state index is 0.0616. The minimum atomic E-state index is -3.95. The van der Waals surface area contributed by atoms with Crippen LogP contribution in [0.15, 0.2) is 0 Å². The summed E-state index contributed by atoms with van der Waals surface area (Å²) >= 11 is 5.83. The molecule has 0 aromatic carbocycles. The maximum atomic E-state index is 12.3. The molecule has 0 aromatic rings. The third-order valence-electron chi connectivity index (χ3n) is 1.66. The zero-order chi connectivity index (χ0) is 12.8. The lowest BCUT2D eigenvalue weighted by molar-refractivity contribution is -0.151. The summed E-state index contributed by atoms with van der Waals surface area (Å²) in [5, 5.41) is 0. The van der Waals surface area contributed by atoms with Gasteiger partial charge in [-0.3, -0.25) is 4.57 Å². The number of carbonyl (C=O) groups is 1. The Morgan fingerprint density at radius 1 is 1.25 bits per heavy atom. The molecule has 0 N–H and O–H groups in total. The van der Waals surface area contributed by atoms with Crippen LogP contribution >= 0.6 is 19.2 Å². The Morgan fingerprint density at radius 2 is 1.69 bits per heavy atom. The molecule has 0 spiro atoms. The molecule has 0 rings (SSSR count). The van der Waals surface area contributed by atoms with Crippen molar-refractivity contribution < 1.29 is 27.9 Å². The number of alkyl halides is 1. The lowest BCUT2D eigenvalue weighted by Crippen LogP contribution is -2.37. The van der Waals surface area contributed by atoms with Gasteiger partial charge in [0.25, 0.3) is 0 Å². The molecule has 0 radical (unpaired) electrons. The summed E-state index contributed by atoms with van der Waals surface area (Å²) < 4.78 is 31.3. The molecule has 0 saturated carbocycles. The number of rotatable bonds is 7. The Morgan fingerprint density at radius 3 is 1.94 bits per heavy atom. The summed E-state index contributed by atoms with van der Waals surface area (Å²) in [5.41, 5.74) is 0. The van der Waals surface area contributed by atoms with Crippen molar-refractivity contribution in [2.45, 2.75) is 18.6 Å². The fourth-order valence-electron chi connectivity index (χ4n) is 0.976. The molecule has 96 valence electrons. The van der Waals surface area contributed by atoms with Crippen molar-refractivity contribution in [3.05, 3.63) is 0 Å². The van der Waals surface area contributed by atoms with Crippen molar-refractivity contribution in [2.75, 3.05) is 27.4 Å². The second-order valence-electron chi connectivity index (χ2n) is 2.59. The third-order valence-corrected chi connectivity index (χ3v) is 4.85. The smallest absolute Gasteiger partial charge is 0.389 e. The first-order valence-corrected chi connectivity index (χ1v) is 6.55. The first-order valence-electron chi connectivity index (χ1n) is 4.63. The van der Waals surface area contributed by atoms with Crippen LogP contribution in [0.25, 0.3) is 0 Å². The molecule has 0 aliphatic rings. The number of hydrogen-bond acceptors (Lipinski definition) is 6. The van der Waals surface area contributed by atoms with Crippen LogP contribution in [0.1, 0.15) is 13.8 Å². The number of halogens is 1. The monoisotopic (exact) mass is 274 g/mol. The van der Waals surface area contributed by atoms with E-state index < -0.39 is 18.4 Å². The molecule has 0 saturated heterocycles. The summed E-state index contributed by atoms with van der Waals surface area (Å²) in [6.45, 7) is 3.31. The van der Waals surface area contributed by atoms with Gasteiger partial charge in [-0.25, -0.2) is 4.79 Å². The second kappa shape index (κ2) is 6.57. The molecule has 0 heterocycles. The minimum Gasteiger partial charge on any atom is -0.465 e. The van der Waals surface area contributed by atoms with Crippen LogP contribution in [0.4, 0.5) is 0 Å². The molecular formula is C8H16ClO6P. The van der Waals surface area contributed by atoms with Crippen molar-refractivity contribution in [3.8, 4) is 0 Å². The van der Waals surface area contributed by atoms with Gasteiger partial charge in [-0.1, -0.05) is 11.6 Å². The first kappa shape index (κ1) is 15.9. The number of esters is 1. The summed E-state index contributed by atoms with van der Waals surface area (Å²) in [6, 6.07) is 0. The van der Waals surface area contributed by atoms with E-state index in [9.17, 15) is 9.36 Å². The summed E-state index contributed by atoms with van der Waals surface area (Å²) in [6.07, 6.45) is 0. The average molecular weight is 275 g/mol. The Kier molecular flexibility index (Phi) is 6.51. The van der Waals surface area contributed by atoms with Gasteiger partial charge in [0.15, 0.2) is 0 Å². The Hall–Kier alpha value is -0.130. The standard InChI is InChI=1S/C8H16ClO6P/c1-5-14-16(11,15-6-2)8(9,13-4)7(10)12-3/h5-6H2,1-4H3. The highest BCUT2D eigenvalue weighted by molar-refractivity contribution is 7.58. The highest BCUT2D eigenvalue weighted by atomic mass is 35.5. The van der Waals surface area contributed by atoms with Crippen LogP contribution in [0.3, 0.4) is 0 Å². The highest BCUT2D eigenvalue weighted by Crippen LogP contribution is 2.62. The zero-order valence-electron chi connectivity index (χ0n) is 9.69. The quantitative estimate of drug-likeness (QED) is 0.401. The predicted octanol–water partition coefficient (Wildman–Crippen LogP) is 1.96. The molecule has 0 aliphatic carbocycles. The van der Waals surface area contributed by atoms with Gasteiger partial charge in [0, 0.05) is 7.11 Å². The number of carbonyl (C=O) groups excluding carboxylic acids is 1. The summed E-state index contributed by atoms with van der Waals surface area (Å²) in [5.74, 6) is -1.03. The van der Waals surface area contributed by atoms with Gasteiger partial charge in [0.2, 0.25) is 0 Å². The molecular weight excluding hydrogens is 259 g/mol. The maximum absolute atomic E-state index is 12.3. The van der Waals surface area contributed by atoms with Crippen LogP contribution in [-0.2, 0) is 27.9 Å². The predicted molar refractivity (Wildman–Crippen MR) is 58.5 cm³/mol. The van der Waals surface area contributed by atoms with Crippen molar-refractivity contribution in [1.29, 1.82) is 0 Å². The van der Waals surface area contributed by atoms with Crippen molar-refractivity contribution in [3.63, 3.8) is 0 Å². The summed E-state index contributed by atoms with van der Waals surface area (Å²) in [7, 11) is -1.73. The van der Waals surface area contributed by atoms with E-state index in [0.717, 1.165) is 14.2 Å². The normalized spacial score (nSPS) is 15.6. The van der Waals surface area contributed by atoms with Crippen molar-refractivity contribution >= 4 is 25.2 Å². The van der Waals surface area contributed by atoms with E-state index >= 15 is 0 Å². The maximum Gasteiger partial charge on any atom is 0.389 e. The van der Waals surface area contributed by atoms with Crippen molar-refractivity contribution in [1.82, 2.24) is 0 Å². The second-order valence-corrected chi connectivity index (χ2v) is 5.53. The number of hydrogen-bond donors (Lipinski definition) is 0. The number of methoxy groups -OCH3 is 2. The van der Waals surface area contributed by atoms with E-state index in [-0.39, 0.29) is 13.2 Å². The Balaban J connectivity index is 5.27. The van der Waals surface area contributed by atoms with Crippen LogP contribution in [-0.4, -0.2) is 38.2 Å². The third kappa shape index (κ3) is 2.96.